The minimum absolute atomic E-state index is 0.0819. The summed E-state index contributed by atoms with van der Waals surface area (Å²) in [5.41, 5.74) is 2.16. The van der Waals surface area contributed by atoms with Crippen molar-refractivity contribution in [1.82, 2.24) is 5.32 Å². The predicted octanol–water partition coefficient (Wildman–Crippen LogP) is 2.22. The molecule has 1 aliphatic heterocycles. The Morgan fingerprint density at radius 1 is 0.962 bits per heavy atom. The first-order valence-corrected chi connectivity index (χ1v) is 8.69. The SMILES string of the molecule is O=C(NC(=S)Nc1ccc(N2CCOCC2)cc1)C(=O)c1ccccc1. The summed E-state index contributed by atoms with van der Waals surface area (Å²) in [6, 6.07) is 16.1. The highest BCUT2D eigenvalue weighted by molar-refractivity contribution is 7.80. The van der Waals surface area contributed by atoms with Crippen LogP contribution in [0.5, 0.6) is 0 Å². The summed E-state index contributed by atoms with van der Waals surface area (Å²) < 4.78 is 5.35. The number of anilines is 2. The molecule has 26 heavy (non-hydrogen) atoms. The fourth-order valence-electron chi connectivity index (χ4n) is 2.62. The number of hydrogen-bond donors (Lipinski definition) is 2. The van der Waals surface area contributed by atoms with Crippen molar-refractivity contribution < 1.29 is 14.3 Å². The van der Waals surface area contributed by atoms with Crippen LogP contribution in [-0.2, 0) is 9.53 Å². The number of nitrogens with zero attached hydrogens (tertiary/aromatic N) is 1. The molecule has 1 fully saturated rings. The van der Waals surface area contributed by atoms with Crippen LogP contribution in [0.15, 0.2) is 54.6 Å². The van der Waals surface area contributed by atoms with E-state index < -0.39 is 11.7 Å². The van der Waals surface area contributed by atoms with Gasteiger partial charge >= 0.3 is 0 Å². The van der Waals surface area contributed by atoms with Gasteiger partial charge in [0, 0.05) is 30.0 Å². The molecule has 1 amide bonds. The number of morpholine rings is 1. The topological polar surface area (TPSA) is 70.7 Å². The molecule has 0 radical (unpaired) electrons. The fraction of sp³-hybridized carbons (Fsp3) is 0.211. The number of ketones is 1. The highest BCUT2D eigenvalue weighted by Crippen LogP contribution is 2.19. The molecule has 2 aromatic rings. The number of nitrogens with one attached hydrogen (secondary N) is 2. The average Bonchev–Trinajstić information content (AvgIpc) is 2.69. The van der Waals surface area contributed by atoms with Crippen molar-refractivity contribution in [2.24, 2.45) is 0 Å². The molecule has 1 heterocycles. The first kappa shape index (κ1) is 18.0. The Kier molecular flexibility index (Phi) is 5.93. The third kappa shape index (κ3) is 4.65. The Morgan fingerprint density at radius 3 is 2.27 bits per heavy atom. The van der Waals surface area contributed by atoms with E-state index in [-0.39, 0.29) is 5.11 Å². The van der Waals surface area contributed by atoms with Gasteiger partial charge in [0.05, 0.1) is 13.2 Å². The van der Waals surface area contributed by atoms with Gasteiger partial charge in [0.2, 0.25) is 0 Å². The Labute approximate surface area is 157 Å². The van der Waals surface area contributed by atoms with Crippen molar-refractivity contribution in [3.63, 3.8) is 0 Å². The number of amides is 1. The number of Topliss-reactive ketones (excluding diaryl/α,β-unsaturated/α-hetero) is 1. The number of carbonyl (C=O) groups excluding carboxylic acids is 2. The lowest BCUT2D eigenvalue weighted by Gasteiger charge is -2.28. The summed E-state index contributed by atoms with van der Waals surface area (Å²) in [7, 11) is 0. The van der Waals surface area contributed by atoms with E-state index in [9.17, 15) is 9.59 Å². The molecule has 0 aromatic heterocycles. The van der Waals surface area contributed by atoms with Crippen LogP contribution in [0, 0.1) is 0 Å². The van der Waals surface area contributed by atoms with Crippen LogP contribution < -0.4 is 15.5 Å². The van der Waals surface area contributed by atoms with Crippen LogP contribution in [0.3, 0.4) is 0 Å². The molecule has 0 spiro atoms. The second-order valence-corrected chi connectivity index (χ2v) is 6.16. The predicted molar refractivity (Wildman–Crippen MR) is 105 cm³/mol. The van der Waals surface area contributed by atoms with Gasteiger partial charge in [-0.25, -0.2) is 0 Å². The van der Waals surface area contributed by atoms with E-state index in [2.05, 4.69) is 15.5 Å². The van der Waals surface area contributed by atoms with Gasteiger partial charge < -0.3 is 15.0 Å². The van der Waals surface area contributed by atoms with Gasteiger partial charge in [-0.3, -0.25) is 14.9 Å². The molecule has 0 unspecified atom stereocenters. The zero-order valence-electron chi connectivity index (χ0n) is 14.1. The molecular weight excluding hydrogens is 350 g/mol. The Balaban J connectivity index is 1.54. The number of ether oxygens (including phenoxy) is 1. The van der Waals surface area contributed by atoms with E-state index in [1.165, 1.54) is 0 Å². The van der Waals surface area contributed by atoms with E-state index in [4.69, 9.17) is 17.0 Å². The Bertz CT molecular complexity index is 787. The van der Waals surface area contributed by atoms with E-state index in [0.717, 1.165) is 37.7 Å². The lowest BCUT2D eigenvalue weighted by atomic mass is 10.1. The van der Waals surface area contributed by atoms with Crippen molar-refractivity contribution in [3.8, 4) is 0 Å². The second-order valence-electron chi connectivity index (χ2n) is 5.75. The maximum absolute atomic E-state index is 12.0. The summed E-state index contributed by atoms with van der Waals surface area (Å²) in [6.07, 6.45) is 0. The van der Waals surface area contributed by atoms with Gasteiger partial charge in [0.15, 0.2) is 5.11 Å². The largest absolute Gasteiger partial charge is 0.378 e. The molecule has 2 N–H and O–H groups in total. The fourth-order valence-corrected chi connectivity index (χ4v) is 2.83. The molecule has 0 atom stereocenters. The van der Waals surface area contributed by atoms with Gasteiger partial charge in [-0.05, 0) is 36.5 Å². The van der Waals surface area contributed by atoms with Gasteiger partial charge in [-0.1, -0.05) is 30.3 Å². The first-order valence-electron chi connectivity index (χ1n) is 8.28. The van der Waals surface area contributed by atoms with Gasteiger partial charge in [-0.2, -0.15) is 0 Å². The van der Waals surface area contributed by atoms with E-state index in [1.807, 2.05) is 24.3 Å². The maximum Gasteiger partial charge on any atom is 0.298 e. The molecule has 7 heteroatoms. The van der Waals surface area contributed by atoms with Crippen molar-refractivity contribution in [1.29, 1.82) is 0 Å². The summed E-state index contributed by atoms with van der Waals surface area (Å²) in [4.78, 5) is 26.3. The molecule has 0 saturated carbocycles. The third-order valence-electron chi connectivity index (χ3n) is 3.97. The van der Waals surface area contributed by atoms with Gasteiger partial charge in [0.1, 0.15) is 0 Å². The van der Waals surface area contributed by atoms with Crippen LogP contribution in [-0.4, -0.2) is 43.1 Å². The van der Waals surface area contributed by atoms with Crippen LogP contribution >= 0.6 is 12.2 Å². The van der Waals surface area contributed by atoms with Crippen LogP contribution in [0.1, 0.15) is 10.4 Å². The molecule has 3 rings (SSSR count). The van der Waals surface area contributed by atoms with Gasteiger partial charge in [0.25, 0.3) is 11.7 Å². The highest BCUT2D eigenvalue weighted by Gasteiger charge is 2.17. The van der Waals surface area contributed by atoms with Crippen LogP contribution in [0.2, 0.25) is 0 Å². The molecule has 0 bridgehead atoms. The van der Waals surface area contributed by atoms with E-state index >= 15 is 0 Å². The second kappa shape index (κ2) is 8.55. The minimum Gasteiger partial charge on any atom is -0.378 e. The monoisotopic (exact) mass is 369 g/mol. The quantitative estimate of drug-likeness (QED) is 0.489. The standard InChI is InChI=1S/C19H19N3O3S/c23-17(14-4-2-1-3-5-14)18(24)21-19(26)20-15-6-8-16(9-7-15)22-10-12-25-13-11-22/h1-9H,10-13H2,(H2,20,21,24,26). The number of carbonyl (C=O) groups is 2. The Morgan fingerprint density at radius 2 is 1.62 bits per heavy atom. The molecule has 2 aromatic carbocycles. The normalized spacial score (nSPS) is 13.8. The van der Waals surface area contributed by atoms with Crippen molar-refractivity contribution in [2.45, 2.75) is 0 Å². The summed E-state index contributed by atoms with van der Waals surface area (Å²) in [5, 5.41) is 5.40. The summed E-state index contributed by atoms with van der Waals surface area (Å²) in [6.45, 7) is 3.18. The number of benzene rings is 2. The summed E-state index contributed by atoms with van der Waals surface area (Å²) in [5.74, 6) is -1.39. The zero-order chi connectivity index (χ0) is 18.4. The molecular formula is C19H19N3O3S. The average molecular weight is 369 g/mol. The smallest absolute Gasteiger partial charge is 0.298 e. The molecule has 0 aliphatic carbocycles. The molecule has 134 valence electrons. The zero-order valence-corrected chi connectivity index (χ0v) is 14.9. The number of thiocarbonyl (C=S) groups is 1. The van der Waals surface area contributed by atoms with Crippen molar-refractivity contribution in [3.05, 3.63) is 60.2 Å². The maximum atomic E-state index is 12.0. The van der Waals surface area contributed by atoms with Gasteiger partial charge in [-0.15, -0.1) is 0 Å². The highest BCUT2D eigenvalue weighted by atomic mass is 32.1. The third-order valence-corrected chi connectivity index (χ3v) is 4.17. The van der Waals surface area contributed by atoms with E-state index in [0.29, 0.717) is 5.56 Å². The lowest BCUT2D eigenvalue weighted by molar-refractivity contribution is -0.115. The number of hydrogen-bond acceptors (Lipinski definition) is 5. The van der Waals surface area contributed by atoms with Crippen molar-refractivity contribution in [2.75, 3.05) is 36.5 Å². The van der Waals surface area contributed by atoms with Crippen molar-refractivity contribution >= 4 is 40.4 Å². The van der Waals surface area contributed by atoms with Crippen LogP contribution in [0.25, 0.3) is 0 Å². The van der Waals surface area contributed by atoms with Crippen LogP contribution in [0.4, 0.5) is 11.4 Å². The Hall–Kier alpha value is -2.77. The van der Waals surface area contributed by atoms with E-state index in [1.54, 1.807) is 30.3 Å². The molecule has 6 nitrogen and oxygen atoms in total. The molecule has 1 saturated heterocycles. The number of rotatable bonds is 4. The lowest BCUT2D eigenvalue weighted by Crippen LogP contribution is -2.38. The molecule has 1 aliphatic rings. The first-order chi connectivity index (χ1) is 12.6. The minimum atomic E-state index is -0.765. The summed E-state index contributed by atoms with van der Waals surface area (Å²) >= 11 is 5.12.